The molecule has 4 heteroatoms. The van der Waals surface area contributed by atoms with Crippen LogP contribution in [-0.4, -0.2) is 16.2 Å². The first kappa shape index (κ1) is 9.58. The van der Waals surface area contributed by atoms with Gasteiger partial charge in [0.2, 0.25) is 5.76 Å². The molecule has 0 atom stereocenters. The maximum atomic E-state index is 10.7. The van der Waals surface area contributed by atoms with Gasteiger partial charge in [-0.25, -0.2) is 4.79 Å². The van der Waals surface area contributed by atoms with Crippen molar-refractivity contribution in [3.8, 4) is 5.75 Å². The summed E-state index contributed by atoms with van der Waals surface area (Å²) in [6, 6.07) is 3.07. The van der Waals surface area contributed by atoms with E-state index in [1.54, 1.807) is 19.9 Å². The maximum absolute atomic E-state index is 10.7. The number of carboxylic acid groups (broad SMARTS) is 1. The molecule has 0 fully saturated rings. The van der Waals surface area contributed by atoms with E-state index in [1.165, 1.54) is 6.07 Å². The van der Waals surface area contributed by atoms with Crippen LogP contribution in [0.5, 0.6) is 5.75 Å². The SMILES string of the molecule is Cc1cc(O)c(C)c2oc(C(=O)O)cc12. The molecule has 78 valence electrons. The van der Waals surface area contributed by atoms with E-state index >= 15 is 0 Å². The van der Waals surface area contributed by atoms with Crippen LogP contribution in [0.4, 0.5) is 0 Å². The summed E-state index contributed by atoms with van der Waals surface area (Å²) in [7, 11) is 0. The largest absolute Gasteiger partial charge is 0.508 e. The fourth-order valence-corrected chi connectivity index (χ4v) is 1.58. The highest BCUT2D eigenvalue weighted by molar-refractivity contribution is 5.94. The Labute approximate surface area is 85.8 Å². The van der Waals surface area contributed by atoms with Crippen LogP contribution in [0.3, 0.4) is 0 Å². The molecule has 0 saturated carbocycles. The molecule has 0 aliphatic rings. The van der Waals surface area contributed by atoms with Crippen LogP contribution in [0.2, 0.25) is 0 Å². The fraction of sp³-hybridized carbons (Fsp3) is 0.182. The van der Waals surface area contributed by atoms with Gasteiger partial charge >= 0.3 is 5.97 Å². The zero-order valence-electron chi connectivity index (χ0n) is 8.37. The number of phenols is 1. The maximum Gasteiger partial charge on any atom is 0.371 e. The average molecular weight is 206 g/mol. The predicted molar refractivity (Wildman–Crippen MR) is 54.3 cm³/mol. The highest BCUT2D eigenvalue weighted by Gasteiger charge is 2.15. The van der Waals surface area contributed by atoms with Gasteiger partial charge in [0.25, 0.3) is 0 Å². The molecule has 2 aromatic rings. The summed E-state index contributed by atoms with van der Waals surface area (Å²) in [6.45, 7) is 3.48. The van der Waals surface area contributed by atoms with Crippen LogP contribution in [0.15, 0.2) is 16.5 Å². The molecule has 1 aromatic carbocycles. The van der Waals surface area contributed by atoms with E-state index in [2.05, 4.69) is 0 Å². The van der Waals surface area contributed by atoms with Gasteiger partial charge in [0.05, 0.1) is 0 Å². The molecular formula is C11H10O4. The van der Waals surface area contributed by atoms with Gasteiger partial charge in [0.1, 0.15) is 11.3 Å². The van der Waals surface area contributed by atoms with Crippen LogP contribution in [-0.2, 0) is 0 Å². The lowest BCUT2D eigenvalue weighted by atomic mass is 10.1. The third-order valence-corrected chi connectivity index (χ3v) is 2.45. The van der Waals surface area contributed by atoms with E-state index in [-0.39, 0.29) is 11.5 Å². The minimum atomic E-state index is -1.11. The molecule has 1 aromatic heterocycles. The fourth-order valence-electron chi connectivity index (χ4n) is 1.58. The molecule has 0 spiro atoms. The summed E-state index contributed by atoms with van der Waals surface area (Å²) >= 11 is 0. The number of aryl methyl sites for hydroxylation is 2. The number of aromatic carboxylic acids is 1. The molecule has 15 heavy (non-hydrogen) atoms. The number of furan rings is 1. The van der Waals surface area contributed by atoms with Crippen molar-refractivity contribution < 1.29 is 19.4 Å². The first-order chi connectivity index (χ1) is 7.00. The first-order valence-electron chi connectivity index (χ1n) is 4.46. The van der Waals surface area contributed by atoms with Crippen molar-refractivity contribution in [1.82, 2.24) is 0 Å². The van der Waals surface area contributed by atoms with Crippen LogP contribution in [0.1, 0.15) is 21.7 Å². The number of phenolic OH excluding ortho intramolecular Hbond substituents is 1. The normalized spacial score (nSPS) is 10.8. The van der Waals surface area contributed by atoms with E-state index < -0.39 is 5.97 Å². The lowest BCUT2D eigenvalue weighted by Gasteiger charge is -2.01. The highest BCUT2D eigenvalue weighted by Crippen LogP contribution is 2.31. The molecule has 0 radical (unpaired) electrons. The zero-order valence-corrected chi connectivity index (χ0v) is 8.37. The second-order valence-corrected chi connectivity index (χ2v) is 3.50. The second kappa shape index (κ2) is 3.02. The predicted octanol–water partition coefficient (Wildman–Crippen LogP) is 2.45. The molecule has 0 saturated heterocycles. The number of rotatable bonds is 1. The van der Waals surface area contributed by atoms with Crippen molar-refractivity contribution in [2.24, 2.45) is 0 Å². The Morgan fingerprint density at radius 3 is 2.60 bits per heavy atom. The van der Waals surface area contributed by atoms with Crippen molar-refractivity contribution in [3.05, 3.63) is 29.0 Å². The number of benzene rings is 1. The van der Waals surface area contributed by atoms with Gasteiger partial charge in [0.15, 0.2) is 0 Å². The number of carboxylic acids is 1. The average Bonchev–Trinajstić information content (AvgIpc) is 2.59. The van der Waals surface area contributed by atoms with Crippen LogP contribution in [0.25, 0.3) is 11.0 Å². The van der Waals surface area contributed by atoms with Gasteiger partial charge in [-0.1, -0.05) is 0 Å². The van der Waals surface area contributed by atoms with E-state index in [0.29, 0.717) is 11.1 Å². The first-order valence-corrected chi connectivity index (χ1v) is 4.46. The number of aromatic hydroxyl groups is 1. The minimum absolute atomic E-state index is 0.109. The van der Waals surface area contributed by atoms with Crippen LogP contribution < -0.4 is 0 Å². The molecule has 0 bridgehead atoms. The molecule has 0 aliphatic heterocycles. The molecular weight excluding hydrogens is 196 g/mol. The Balaban J connectivity index is 2.85. The Morgan fingerprint density at radius 2 is 2.00 bits per heavy atom. The third kappa shape index (κ3) is 1.34. The van der Waals surface area contributed by atoms with Crippen molar-refractivity contribution in [1.29, 1.82) is 0 Å². The van der Waals surface area contributed by atoms with Gasteiger partial charge in [-0.15, -0.1) is 0 Å². The van der Waals surface area contributed by atoms with Gasteiger partial charge < -0.3 is 14.6 Å². The van der Waals surface area contributed by atoms with Crippen molar-refractivity contribution in [3.63, 3.8) is 0 Å². The Morgan fingerprint density at radius 1 is 1.33 bits per heavy atom. The van der Waals surface area contributed by atoms with Crippen molar-refractivity contribution in [2.45, 2.75) is 13.8 Å². The molecule has 2 rings (SSSR count). The molecule has 0 amide bonds. The quantitative estimate of drug-likeness (QED) is 0.751. The summed E-state index contributed by atoms with van der Waals surface area (Å²) in [4.78, 5) is 10.7. The van der Waals surface area contributed by atoms with E-state index in [4.69, 9.17) is 9.52 Å². The molecule has 0 unspecified atom stereocenters. The Hall–Kier alpha value is -1.97. The van der Waals surface area contributed by atoms with E-state index in [1.807, 2.05) is 0 Å². The van der Waals surface area contributed by atoms with Crippen LogP contribution in [0, 0.1) is 13.8 Å². The standard InChI is InChI=1S/C11H10O4/c1-5-3-8(12)6(2)10-7(5)4-9(15-10)11(13)14/h3-4,12H,1-2H3,(H,13,14). The van der Waals surface area contributed by atoms with E-state index in [9.17, 15) is 9.90 Å². The zero-order chi connectivity index (χ0) is 11.2. The molecule has 2 N–H and O–H groups in total. The van der Waals surface area contributed by atoms with Gasteiger partial charge in [-0.2, -0.15) is 0 Å². The number of hydrogen-bond acceptors (Lipinski definition) is 3. The van der Waals surface area contributed by atoms with Crippen LogP contribution >= 0.6 is 0 Å². The highest BCUT2D eigenvalue weighted by atomic mass is 16.4. The summed E-state index contributed by atoms with van der Waals surface area (Å²) in [5.74, 6) is -1.10. The van der Waals surface area contributed by atoms with E-state index in [0.717, 1.165) is 10.9 Å². The summed E-state index contributed by atoms with van der Waals surface area (Å²) in [5, 5.41) is 19.0. The number of fused-ring (bicyclic) bond motifs is 1. The third-order valence-electron chi connectivity index (χ3n) is 2.45. The number of carbonyl (C=O) groups is 1. The lowest BCUT2D eigenvalue weighted by Crippen LogP contribution is -1.91. The van der Waals surface area contributed by atoms with Gasteiger partial charge in [0, 0.05) is 10.9 Å². The molecule has 1 heterocycles. The topological polar surface area (TPSA) is 70.7 Å². The van der Waals surface area contributed by atoms with Gasteiger partial charge in [-0.3, -0.25) is 0 Å². The monoisotopic (exact) mass is 206 g/mol. The molecule has 4 nitrogen and oxygen atoms in total. The van der Waals surface area contributed by atoms with Crippen molar-refractivity contribution in [2.75, 3.05) is 0 Å². The van der Waals surface area contributed by atoms with Crippen molar-refractivity contribution >= 4 is 16.9 Å². The molecule has 0 aliphatic carbocycles. The Bertz CT molecular complexity index is 551. The minimum Gasteiger partial charge on any atom is -0.508 e. The summed E-state index contributed by atoms with van der Waals surface area (Å²) < 4.78 is 5.16. The Kier molecular flexibility index (Phi) is 1.93. The second-order valence-electron chi connectivity index (χ2n) is 3.50. The smallest absolute Gasteiger partial charge is 0.371 e. The number of hydrogen-bond donors (Lipinski definition) is 2. The summed E-state index contributed by atoms with van der Waals surface area (Å²) in [5.41, 5.74) is 1.79. The lowest BCUT2D eigenvalue weighted by molar-refractivity contribution is 0.0665. The summed E-state index contributed by atoms with van der Waals surface area (Å²) in [6.07, 6.45) is 0. The van der Waals surface area contributed by atoms with Gasteiger partial charge in [-0.05, 0) is 31.5 Å².